The molecule has 0 saturated heterocycles. The minimum Gasteiger partial charge on any atom is -0.481 e. The van der Waals surface area contributed by atoms with E-state index in [4.69, 9.17) is 21.3 Å². The molecular formula is C14H12N8O4. The van der Waals surface area contributed by atoms with Crippen LogP contribution in [0.3, 0.4) is 0 Å². The zero-order valence-electron chi connectivity index (χ0n) is 13.1. The molecule has 0 radical (unpaired) electrons. The van der Waals surface area contributed by atoms with Gasteiger partial charge in [-0.3, -0.25) is 4.79 Å². The molecule has 26 heavy (non-hydrogen) atoms. The second-order valence-corrected chi connectivity index (χ2v) is 4.95. The predicted molar refractivity (Wildman–Crippen MR) is 86.8 cm³/mol. The average Bonchev–Trinajstić information content (AvgIpc) is 3.07. The minimum absolute atomic E-state index is 0.000536. The molecule has 0 aromatic carbocycles. The molecule has 0 fully saturated rings. The second-order valence-electron chi connectivity index (χ2n) is 4.95. The Hall–Kier alpha value is -4.09. The monoisotopic (exact) mass is 356 g/mol. The lowest BCUT2D eigenvalue weighted by atomic mass is 10.2. The van der Waals surface area contributed by atoms with Gasteiger partial charge in [0.05, 0.1) is 17.7 Å². The van der Waals surface area contributed by atoms with E-state index in [1.165, 1.54) is 35.4 Å². The van der Waals surface area contributed by atoms with E-state index in [-0.39, 0.29) is 35.3 Å². The lowest BCUT2D eigenvalue weighted by molar-refractivity contribution is -0.136. The van der Waals surface area contributed by atoms with Crippen molar-refractivity contribution in [2.24, 2.45) is 16.5 Å². The molecule has 3 heterocycles. The van der Waals surface area contributed by atoms with Crippen molar-refractivity contribution in [1.29, 1.82) is 0 Å². The second kappa shape index (κ2) is 6.80. The van der Waals surface area contributed by atoms with Crippen molar-refractivity contribution in [1.82, 2.24) is 24.6 Å². The van der Waals surface area contributed by atoms with Crippen LogP contribution < -0.4 is 16.2 Å². The number of carbonyl (C=O) groups excluding carboxylic acids is 1. The van der Waals surface area contributed by atoms with Gasteiger partial charge in [-0.2, -0.15) is 10.1 Å². The van der Waals surface area contributed by atoms with Crippen LogP contribution in [0.25, 0.3) is 5.65 Å². The summed E-state index contributed by atoms with van der Waals surface area (Å²) in [4.78, 5) is 38.4. The Bertz CT molecular complexity index is 1010. The smallest absolute Gasteiger partial charge is 0.346 e. The molecule has 0 aliphatic heterocycles. The van der Waals surface area contributed by atoms with E-state index in [1.807, 2.05) is 0 Å². The summed E-state index contributed by atoms with van der Waals surface area (Å²) in [6, 6.07) is 2.92. The molecule has 0 unspecified atom stereocenters. The highest BCUT2D eigenvalue weighted by Gasteiger charge is 2.16. The van der Waals surface area contributed by atoms with E-state index in [2.05, 4.69) is 25.0 Å². The molecule has 132 valence electrons. The zero-order valence-corrected chi connectivity index (χ0v) is 13.1. The molecule has 3 aromatic rings. The highest BCUT2D eigenvalue weighted by molar-refractivity contribution is 5.91. The summed E-state index contributed by atoms with van der Waals surface area (Å²) < 4.78 is 6.56. The molecule has 3 rings (SSSR count). The van der Waals surface area contributed by atoms with Gasteiger partial charge in [-0.05, 0) is 12.1 Å². The number of nitrogens with two attached hydrogens (primary N) is 2. The molecule has 0 aliphatic carbocycles. The van der Waals surface area contributed by atoms with E-state index in [0.717, 1.165) is 0 Å². The molecule has 3 aromatic heterocycles. The highest BCUT2D eigenvalue weighted by atomic mass is 16.5. The van der Waals surface area contributed by atoms with Gasteiger partial charge in [0.25, 0.3) is 5.95 Å². The summed E-state index contributed by atoms with van der Waals surface area (Å²) in [5.41, 5.74) is 11.1. The molecule has 12 nitrogen and oxygen atoms in total. The third-order valence-electron chi connectivity index (χ3n) is 3.11. The summed E-state index contributed by atoms with van der Waals surface area (Å²) in [6.07, 6.45) is 3.38. The number of fused-ring (bicyclic) bond motifs is 1. The van der Waals surface area contributed by atoms with Gasteiger partial charge in [0, 0.05) is 12.4 Å². The molecule has 0 bridgehead atoms. The lowest BCUT2D eigenvalue weighted by Crippen LogP contribution is -2.22. The number of nitrogens with zero attached hydrogens (tertiary/aromatic N) is 6. The van der Waals surface area contributed by atoms with E-state index in [1.54, 1.807) is 0 Å². The molecule has 12 heteroatoms. The van der Waals surface area contributed by atoms with Crippen LogP contribution in [-0.2, 0) is 11.2 Å². The summed E-state index contributed by atoms with van der Waals surface area (Å²) in [5, 5.41) is 12.9. The SMILES string of the molecule is NC(N)=Nc1ncc(C(=O)Oc2ccc(CC(=O)O)n3ncnc23)cn1. The number of guanidine groups is 1. The van der Waals surface area contributed by atoms with Gasteiger partial charge in [-0.25, -0.2) is 24.3 Å². The zero-order chi connectivity index (χ0) is 18.7. The number of hydrogen-bond acceptors (Lipinski definition) is 8. The summed E-state index contributed by atoms with van der Waals surface area (Å²) >= 11 is 0. The first-order chi connectivity index (χ1) is 12.4. The maximum atomic E-state index is 12.2. The third-order valence-corrected chi connectivity index (χ3v) is 3.11. The number of aliphatic carboxylic acids is 1. The standard InChI is InChI=1S/C14H12N8O4/c15-13(16)21-14-17-4-7(5-18-14)12(25)26-9-2-1-8(3-10(23)24)22-11(9)19-6-20-22/h1-2,4-6H,3H2,(H,23,24)(H4,15,16,17,18,21). The van der Waals surface area contributed by atoms with Crippen molar-refractivity contribution in [3.8, 4) is 5.75 Å². The summed E-state index contributed by atoms with van der Waals surface area (Å²) in [7, 11) is 0. The van der Waals surface area contributed by atoms with Crippen LogP contribution in [0.5, 0.6) is 5.75 Å². The lowest BCUT2D eigenvalue weighted by Gasteiger charge is -2.07. The number of ether oxygens (including phenoxy) is 1. The quantitative estimate of drug-likeness (QED) is 0.299. The molecular weight excluding hydrogens is 344 g/mol. The summed E-state index contributed by atoms with van der Waals surface area (Å²) in [5.74, 6) is -1.87. The minimum atomic E-state index is -1.02. The van der Waals surface area contributed by atoms with Crippen LogP contribution in [-0.4, -0.2) is 47.6 Å². The van der Waals surface area contributed by atoms with Crippen molar-refractivity contribution in [2.75, 3.05) is 0 Å². The highest BCUT2D eigenvalue weighted by Crippen LogP contribution is 2.20. The maximum absolute atomic E-state index is 12.2. The Morgan fingerprint density at radius 1 is 1.19 bits per heavy atom. The van der Waals surface area contributed by atoms with E-state index >= 15 is 0 Å². The van der Waals surface area contributed by atoms with Crippen LogP contribution in [0, 0.1) is 0 Å². The number of carboxylic acid groups (broad SMARTS) is 1. The normalized spacial score (nSPS) is 10.5. The molecule has 5 N–H and O–H groups in total. The van der Waals surface area contributed by atoms with E-state index in [9.17, 15) is 9.59 Å². The topological polar surface area (TPSA) is 184 Å². The Balaban J connectivity index is 1.85. The average molecular weight is 356 g/mol. The van der Waals surface area contributed by atoms with Gasteiger partial charge >= 0.3 is 11.9 Å². The third kappa shape index (κ3) is 3.53. The number of esters is 1. The van der Waals surface area contributed by atoms with Gasteiger partial charge in [0.2, 0.25) is 0 Å². The number of aliphatic imine (C=N–C) groups is 1. The van der Waals surface area contributed by atoms with Crippen molar-refractivity contribution >= 4 is 29.5 Å². The Morgan fingerprint density at radius 2 is 1.92 bits per heavy atom. The van der Waals surface area contributed by atoms with Crippen LogP contribution in [0.4, 0.5) is 5.95 Å². The van der Waals surface area contributed by atoms with Crippen molar-refractivity contribution in [2.45, 2.75) is 6.42 Å². The van der Waals surface area contributed by atoms with Gasteiger partial charge in [-0.1, -0.05) is 0 Å². The number of aromatic nitrogens is 5. The first-order valence-corrected chi connectivity index (χ1v) is 7.11. The first-order valence-electron chi connectivity index (χ1n) is 7.11. The largest absolute Gasteiger partial charge is 0.481 e. The summed E-state index contributed by atoms with van der Waals surface area (Å²) in [6.45, 7) is 0. The molecule has 0 amide bonds. The molecule has 0 aliphatic rings. The van der Waals surface area contributed by atoms with E-state index < -0.39 is 11.9 Å². The number of rotatable bonds is 5. The van der Waals surface area contributed by atoms with Crippen molar-refractivity contribution in [3.63, 3.8) is 0 Å². The fourth-order valence-electron chi connectivity index (χ4n) is 2.06. The molecule has 0 atom stereocenters. The van der Waals surface area contributed by atoms with Crippen LogP contribution in [0.15, 0.2) is 35.8 Å². The predicted octanol–water partition coefficient (Wildman–Crippen LogP) is -0.730. The van der Waals surface area contributed by atoms with Gasteiger partial charge in [0.1, 0.15) is 6.33 Å². The van der Waals surface area contributed by atoms with Gasteiger partial charge < -0.3 is 21.3 Å². The fourth-order valence-corrected chi connectivity index (χ4v) is 2.06. The molecule has 0 saturated carbocycles. The Morgan fingerprint density at radius 3 is 2.58 bits per heavy atom. The Kier molecular flexibility index (Phi) is 4.38. The van der Waals surface area contributed by atoms with E-state index in [0.29, 0.717) is 5.69 Å². The number of carbonyl (C=O) groups is 2. The number of carboxylic acids is 1. The van der Waals surface area contributed by atoms with Gasteiger partial charge in [-0.15, -0.1) is 0 Å². The van der Waals surface area contributed by atoms with Crippen LogP contribution >= 0.6 is 0 Å². The number of pyridine rings is 1. The van der Waals surface area contributed by atoms with Gasteiger partial charge in [0.15, 0.2) is 17.4 Å². The van der Waals surface area contributed by atoms with Crippen LogP contribution in [0.2, 0.25) is 0 Å². The van der Waals surface area contributed by atoms with Crippen molar-refractivity contribution < 1.29 is 19.4 Å². The Labute approximate surface area is 145 Å². The first kappa shape index (κ1) is 16.8. The van der Waals surface area contributed by atoms with Crippen molar-refractivity contribution in [3.05, 3.63) is 42.1 Å². The number of hydrogen-bond donors (Lipinski definition) is 3. The van der Waals surface area contributed by atoms with Crippen LogP contribution in [0.1, 0.15) is 16.1 Å². The maximum Gasteiger partial charge on any atom is 0.346 e. The fraction of sp³-hybridized carbons (Fsp3) is 0.0714. The molecule has 0 spiro atoms.